The molecule has 0 radical (unpaired) electrons. The molecule has 1 N–H and O–H groups in total. The van der Waals surface area contributed by atoms with Crippen LogP contribution in [-0.2, 0) is 22.4 Å². The Morgan fingerprint density at radius 2 is 2.29 bits per heavy atom. The molecule has 1 atom stereocenters. The van der Waals surface area contributed by atoms with Crippen LogP contribution in [0.4, 0.5) is 0 Å². The zero-order chi connectivity index (χ0) is 15.2. The van der Waals surface area contributed by atoms with E-state index in [1.807, 2.05) is 6.07 Å². The normalized spacial score (nSPS) is 17.1. The van der Waals surface area contributed by atoms with Gasteiger partial charge in [0.1, 0.15) is 4.88 Å². The average Bonchev–Trinajstić information content (AvgIpc) is 2.88. The molecule has 0 fully saturated rings. The van der Waals surface area contributed by atoms with Crippen LogP contribution in [0.1, 0.15) is 53.2 Å². The van der Waals surface area contributed by atoms with Crippen molar-refractivity contribution in [1.82, 2.24) is 5.32 Å². The maximum atomic E-state index is 12.0. The lowest BCUT2D eigenvalue weighted by Crippen LogP contribution is -2.29. The van der Waals surface area contributed by atoms with Crippen LogP contribution in [0.2, 0.25) is 0 Å². The van der Waals surface area contributed by atoms with Crippen molar-refractivity contribution in [3.63, 3.8) is 0 Å². The molecule has 0 spiro atoms. The molecule has 1 unspecified atom stereocenters. The minimum absolute atomic E-state index is 0.193. The molecule has 1 aromatic rings. The van der Waals surface area contributed by atoms with Gasteiger partial charge in [-0.2, -0.15) is 0 Å². The van der Waals surface area contributed by atoms with Crippen molar-refractivity contribution >= 4 is 23.2 Å². The summed E-state index contributed by atoms with van der Waals surface area (Å²) in [6.45, 7) is 4.74. The number of amides is 1. The maximum Gasteiger partial charge on any atom is 0.348 e. The van der Waals surface area contributed by atoms with E-state index in [-0.39, 0.29) is 18.5 Å². The number of ether oxygens (including phenoxy) is 1. The fraction of sp³-hybridized carbons (Fsp3) is 0.625. The lowest BCUT2D eigenvalue weighted by atomic mass is 9.90. The number of aryl methyl sites for hydroxylation is 1. The smallest absolute Gasteiger partial charge is 0.348 e. The number of nitrogens with one attached hydrogen (secondary N) is 1. The number of esters is 1. The minimum Gasteiger partial charge on any atom is -0.451 e. The number of hydrogen-bond donors (Lipinski definition) is 1. The molecule has 116 valence electrons. The second-order valence-electron chi connectivity index (χ2n) is 5.69. The number of unbranched alkanes of at least 4 members (excludes halogenated alkanes) is 1. The first kappa shape index (κ1) is 16.0. The maximum absolute atomic E-state index is 12.0. The summed E-state index contributed by atoms with van der Waals surface area (Å²) in [7, 11) is 0. The van der Waals surface area contributed by atoms with Crippen LogP contribution in [0.25, 0.3) is 0 Å². The van der Waals surface area contributed by atoms with E-state index in [4.69, 9.17) is 4.74 Å². The van der Waals surface area contributed by atoms with Crippen molar-refractivity contribution in [3.8, 4) is 0 Å². The Morgan fingerprint density at radius 1 is 1.48 bits per heavy atom. The summed E-state index contributed by atoms with van der Waals surface area (Å²) >= 11 is 1.51. The van der Waals surface area contributed by atoms with Crippen LogP contribution in [0.5, 0.6) is 0 Å². The van der Waals surface area contributed by atoms with Gasteiger partial charge >= 0.3 is 5.97 Å². The van der Waals surface area contributed by atoms with Crippen LogP contribution in [0, 0.1) is 5.92 Å². The van der Waals surface area contributed by atoms with E-state index in [0.717, 1.165) is 25.7 Å². The Bertz CT molecular complexity index is 510. The largest absolute Gasteiger partial charge is 0.451 e. The van der Waals surface area contributed by atoms with Gasteiger partial charge in [-0.1, -0.05) is 20.3 Å². The van der Waals surface area contributed by atoms with E-state index in [9.17, 15) is 9.59 Å². The molecule has 0 saturated heterocycles. The molecule has 0 bridgehead atoms. The highest BCUT2D eigenvalue weighted by Crippen LogP contribution is 2.32. The quantitative estimate of drug-likeness (QED) is 0.649. The van der Waals surface area contributed by atoms with Gasteiger partial charge in [-0.15, -0.1) is 11.3 Å². The fourth-order valence-corrected chi connectivity index (χ4v) is 3.57. The van der Waals surface area contributed by atoms with E-state index < -0.39 is 0 Å². The van der Waals surface area contributed by atoms with Gasteiger partial charge in [-0.25, -0.2) is 4.79 Å². The highest BCUT2D eigenvalue weighted by Gasteiger charge is 2.21. The topological polar surface area (TPSA) is 55.4 Å². The van der Waals surface area contributed by atoms with E-state index in [1.165, 1.54) is 28.2 Å². The number of carbonyl (C=O) groups is 2. The SMILES string of the molecule is CCCCNC(=O)COC(=O)c1cc2c(s1)CCC(C)C2. The zero-order valence-corrected chi connectivity index (χ0v) is 13.6. The number of rotatable bonds is 6. The highest BCUT2D eigenvalue weighted by molar-refractivity contribution is 7.14. The first-order valence-corrected chi connectivity index (χ1v) is 8.47. The molecular weight excluding hydrogens is 286 g/mol. The van der Waals surface area contributed by atoms with Crippen LogP contribution in [0.3, 0.4) is 0 Å². The molecule has 4 nitrogen and oxygen atoms in total. The van der Waals surface area contributed by atoms with Crippen LogP contribution in [-0.4, -0.2) is 25.0 Å². The Hall–Kier alpha value is -1.36. The molecule has 5 heteroatoms. The van der Waals surface area contributed by atoms with Crippen molar-refractivity contribution in [2.75, 3.05) is 13.2 Å². The summed E-state index contributed by atoms with van der Waals surface area (Å²) in [5, 5.41) is 2.73. The van der Waals surface area contributed by atoms with Crippen LogP contribution in [0.15, 0.2) is 6.07 Å². The third-order valence-corrected chi connectivity index (χ3v) is 4.93. The van der Waals surface area contributed by atoms with Crippen molar-refractivity contribution < 1.29 is 14.3 Å². The summed E-state index contributed by atoms with van der Waals surface area (Å²) in [5.74, 6) is 0.0692. The molecule has 2 rings (SSSR count). The third-order valence-electron chi connectivity index (χ3n) is 3.72. The molecule has 0 saturated carbocycles. The molecule has 1 aromatic heterocycles. The molecule has 1 heterocycles. The Morgan fingerprint density at radius 3 is 3.05 bits per heavy atom. The van der Waals surface area contributed by atoms with E-state index in [2.05, 4.69) is 19.2 Å². The van der Waals surface area contributed by atoms with Crippen LogP contribution < -0.4 is 5.32 Å². The first-order chi connectivity index (χ1) is 10.1. The average molecular weight is 309 g/mol. The Balaban J connectivity index is 1.82. The van der Waals surface area contributed by atoms with Crippen LogP contribution >= 0.6 is 11.3 Å². The molecule has 0 aromatic carbocycles. The number of hydrogen-bond acceptors (Lipinski definition) is 4. The summed E-state index contributed by atoms with van der Waals surface area (Å²) in [4.78, 5) is 25.4. The molecule has 0 aliphatic heterocycles. The summed E-state index contributed by atoms with van der Waals surface area (Å²) in [6.07, 6.45) is 5.24. The van der Waals surface area contributed by atoms with Crippen molar-refractivity contribution in [2.24, 2.45) is 5.92 Å². The van der Waals surface area contributed by atoms with Gasteiger partial charge in [-0.05, 0) is 43.2 Å². The van der Waals surface area contributed by atoms with Gasteiger partial charge in [0.2, 0.25) is 0 Å². The van der Waals surface area contributed by atoms with Crippen molar-refractivity contribution in [3.05, 3.63) is 21.4 Å². The fourth-order valence-electron chi connectivity index (χ4n) is 2.46. The molecule has 1 aliphatic carbocycles. The summed E-state index contributed by atoms with van der Waals surface area (Å²) in [6, 6.07) is 1.94. The summed E-state index contributed by atoms with van der Waals surface area (Å²) < 4.78 is 5.08. The summed E-state index contributed by atoms with van der Waals surface area (Å²) in [5.41, 5.74) is 1.28. The number of carbonyl (C=O) groups excluding carboxylic acids is 2. The standard InChI is InChI=1S/C16H23NO3S/c1-3-4-7-17-15(18)10-20-16(19)14-9-12-8-11(2)5-6-13(12)21-14/h9,11H,3-8,10H2,1-2H3,(H,17,18). The van der Waals surface area contributed by atoms with Gasteiger partial charge in [-0.3, -0.25) is 4.79 Å². The number of fused-ring (bicyclic) bond motifs is 1. The lowest BCUT2D eigenvalue weighted by Gasteiger charge is -2.16. The molecule has 21 heavy (non-hydrogen) atoms. The molecular formula is C16H23NO3S. The van der Waals surface area contributed by atoms with E-state index in [1.54, 1.807) is 0 Å². The third kappa shape index (κ3) is 4.56. The van der Waals surface area contributed by atoms with Gasteiger partial charge in [0.15, 0.2) is 6.61 Å². The molecule has 1 aliphatic rings. The second-order valence-corrected chi connectivity index (χ2v) is 6.82. The van der Waals surface area contributed by atoms with Crippen molar-refractivity contribution in [1.29, 1.82) is 0 Å². The Kier molecular flexibility index (Phi) is 5.79. The Labute approximate surface area is 129 Å². The highest BCUT2D eigenvalue weighted by atomic mass is 32.1. The van der Waals surface area contributed by atoms with E-state index >= 15 is 0 Å². The lowest BCUT2D eigenvalue weighted by molar-refractivity contribution is -0.124. The second kappa shape index (κ2) is 7.59. The number of thiophene rings is 1. The monoisotopic (exact) mass is 309 g/mol. The van der Waals surface area contributed by atoms with Gasteiger partial charge in [0.05, 0.1) is 0 Å². The van der Waals surface area contributed by atoms with E-state index in [0.29, 0.717) is 17.3 Å². The van der Waals surface area contributed by atoms with Gasteiger partial charge < -0.3 is 10.1 Å². The predicted molar refractivity (Wildman–Crippen MR) is 83.7 cm³/mol. The zero-order valence-electron chi connectivity index (χ0n) is 12.7. The van der Waals surface area contributed by atoms with Gasteiger partial charge in [0.25, 0.3) is 5.91 Å². The van der Waals surface area contributed by atoms with Crippen molar-refractivity contribution in [2.45, 2.75) is 46.0 Å². The minimum atomic E-state index is -0.382. The molecule has 1 amide bonds. The first-order valence-electron chi connectivity index (χ1n) is 7.65. The predicted octanol–water partition coefficient (Wildman–Crippen LogP) is 2.95. The van der Waals surface area contributed by atoms with Gasteiger partial charge in [0, 0.05) is 11.4 Å².